The molecule has 6 nitrogen and oxygen atoms in total. The van der Waals surface area contributed by atoms with Gasteiger partial charge in [-0.05, 0) is 89.9 Å². The summed E-state index contributed by atoms with van der Waals surface area (Å²) in [5.41, 5.74) is 0. The maximum atomic E-state index is 12.8. The molecule has 0 saturated heterocycles. The highest BCUT2D eigenvalue weighted by Crippen LogP contribution is 2.17. The summed E-state index contributed by atoms with van der Waals surface area (Å²) < 4.78 is 16.8. The highest BCUT2D eigenvalue weighted by molar-refractivity contribution is 5.71. The van der Waals surface area contributed by atoms with Crippen molar-refractivity contribution < 1.29 is 28.6 Å². The van der Waals surface area contributed by atoms with Gasteiger partial charge in [0.1, 0.15) is 13.2 Å². The molecular formula is C68H122O6. The zero-order chi connectivity index (χ0) is 53.6. The van der Waals surface area contributed by atoms with Crippen LogP contribution in [-0.4, -0.2) is 37.2 Å². The Morgan fingerprint density at radius 1 is 0.270 bits per heavy atom. The van der Waals surface area contributed by atoms with Crippen molar-refractivity contribution >= 4 is 17.9 Å². The van der Waals surface area contributed by atoms with Crippen LogP contribution in [0.25, 0.3) is 0 Å². The molecule has 74 heavy (non-hydrogen) atoms. The molecule has 0 saturated carbocycles. The number of carbonyl (C=O) groups excluding carboxylic acids is 3. The molecule has 0 aliphatic carbocycles. The van der Waals surface area contributed by atoms with E-state index >= 15 is 0 Å². The summed E-state index contributed by atoms with van der Waals surface area (Å²) in [5, 5.41) is 0. The van der Waals surface area contributed by atoms with E-state index < -0.39 is 6.10 Å². The third kappa shape index (κ3) is 60.0. The molecule has 0 rings (SSSR count). The molecule has 0 radical (unpaired) electrons. The summed E-state index contributed by atoms with van der Waals surface area (Å²) in [6, 6.07) is 0. The molecule has 6 heteroatoms. The Balaban J connectivity index is 4.05. The smallest absolute Gasteiger partial charge is 0.306 e. The second-order valence-electron chi connectivity index (χ2n) is 21.7. The van der Waals surface area contributed by atoms with E-state index in [9.17, 15) is 14.4 Å². The van der Waals surface area contributed by atoms with Gasteiger partial charge < -0.3 is 14.2 Å². The van der Waals surface area contributed by atoms with Crippen molar-refractivity contribution in [3.63, 3.8) is 0 Å². The van der Waals surface area contributed by atoms with Crippen LogP contribution in [0.1, 0.15) is 335 Å². The van der Waals surface area contributed by atoms with Crippen LogP contribution in [0, 0.1) is 0 Å². The van der Waals surface area contributed by atoms with E-state index in [-0.39, 0.29) is 31.1 Å². The third-order valence-corrected chi connectivity index (χ3v) is 14.2. The van der Waals surface area contributed by atoms with Crippen LogP contribution in [0.2, 0.25) is 0 Å². The molecule has 1 unspecified atom stereocenters. The SMILES string of the molecule is CCCCCCC/C=C\C/C=C\C/C=C\CCCCCCCCCCCCCCCCC(=O)OCC(COC(=O)CCCCCCCC)OC(=O)CCCCCCCCCCC/C=C\C/C=C\CCCCCCC. The van der Waals surface area contributed by atoms with Gasteiger partial charge >= 0.3 is 17.9 Å². The molecule has 0 aromatic heterocycles. The molecule has 0 fully saturated rings. The maximum Gasteiger partial charge on any atom is 0.306 e. The Hall–Kier alpha value is -2.89. The predicted octanol–water partition coefficient (Wildman–Crippen LogP) is 21.9. The minimum atomic E-state index is -0.773. The molecule has 0 aromatic carbocycles. The zero-order valence-electron chi connectivity index (χ0n) is 49.4. The quantitative estimate of drug-likeness (QED) is 0.0261. The van der Waals surface area contributed by atoms with Crippen LogP contribution in [0.15, 0.2) is 60.8 Å². The second-order valence-corrected chi connectivity index (χ2v) is 21.7. The molecule has 0 bridgehead atoms. The largest absolute Gasteiger partial charge is 0.462 e. The Morgan fingerprint density at radius 3 is 0.757 bits per heavy atom. The summed E-state index contributed by atoms with van der Waals surface area (Å²) in [4.78, 5) is 38.0. The van der Waals surface area contributed by atoms with Crippen molar-refractivity contribution in [2.24, 2.45) is 0 Å². The molecule has 0 amide bonds. The van der Waals surface area contributed by atoms with Crippen molar-refractivity contribution in [2.75, 3.05) is 13.2 Å². The average molecular weight is 1040 g/mol. The van der Waals surface area contributed by atoms with E-state index in [0.717, 1.165) is 77.0 Å². The van der Waals surface area contributed by atoms with E-state index in [0.29, 0.717) is 19.3 Å². The highest BCUT2D eigenvalue weighted by Gasteiger charge is 2.19. The van der Waals surface area contributed by atoms with Crippen LogP contribution in [0.4, 0.5) is 0 Å². The Labute approximate surface area is 460 Å². The van der Waals surface area contributed by atoms with E-state index in [2.05, 4.69) is 81.5 Å². The molecular weight excluding hydrogens is 913 g/mol. The average Bonchev–Trinajstić information content (AvgIpc) is 3.40. The van der Waals surface area contributed by atoms with Gasteiger partial charge in [0.05, 0.1) is 0 Å². The van der Waals surface area contributed by atoms with Crippen molar-refractivity contribution in [1.29, 1.82) is 0 Å². The van der Waals surface area contributed by atoms with Gasteiger partial charge in [-0.2, -0.15) is 0 Å². The number of hydrogen-bond acceptors (Lipinski definition) is 6. The van der Waals surface area contributed by atoms with E-state index in [4.69, 9.17) is 14.2 Å². The van der Waals surface area contributed by atoms with Crippen molar-refractivity contribution in [2.45, 2.75) is 341 Å². The lowest BCUT2D eigenvalue weighted by molar-refractivity contribution is -0.167. The van der Waals surface area contributed by atoms with Crippen LogP contribution < -0.4 is 0 Å². The van der Waals surface area contributed by atoms with Gasteiger partial charge in [-0.25, -0.2) is 0 Å². The molecule has 0 spiro atoms. The zero-order valence-corrected chi connectivity index (χ0v) is 49.4. The third-order valence-electron chi connectivity index (χ3n) is 14.2. The summed E-state index contributed by atoms with van der Waals surface area (Å²) in [7, 11) is 0. The number of allylic oxidation sites excluding steroid dienone is 10. The molecule has 430 valence electrons. The standard InChI is InChI=1S/C68H122O6/c1-4-7-10-13-16-18-20-22-24-26-28-30-31-32-33-34-35-36-37-39-40-42-44-46-48-50-52-55-58-61-67(70)73-64-65(63-72-66(69)60-57-54-15-12-9-6-3)74-68(71)62-59-56-53-51-49-47-45-43-41-38-29-27-25-23-21-19-17-14-11-8-5-2/h20-23,26-29,31-32,65H,4-19,24-25,30,33-64H2,1-3H3/b22-20-,23-21-,28-26-,29-27-,32-31-. The Kier molecular flexibility index (Phi) is 60.2. The van der Waals surface area contributed by atoms with Crippen LogP contribution >= 0.6 is 0 Å². The van der Waals surface area contributed by atoms with E-state index in [1.54, 1.807) is 0 Å². The van der Waals surface area contributed by atoms with Crippen molar-refractivity contribution in [3.05, 3.63) is 60.8 Å². The van der Waals surface area contributed by atoms with Crippen LogP contribution in [-0.2, 0) is 28.6 Å². The normalized spacial score (nSPS) is 12.4. The lowest BCUT2D eigenvalue weighted by Gasteiger charge is -2.18. The number of carbonyl (C=O) groups is 3. The molecule has 0 N–H and O–H groups in total. The molecule has 0 heterocycles. The lowest BCUT2D eigenvalue weighted by Crippen LogP contribution is -2.30. The first-order chi connectivity index (χ1) is 36.5. The minimum Gasteiger partial charge on any atom is -0.462 e. The van der Waals surface area contributed by atoms with Gasteiger partial charge in [-0.1, -0.05) is 287 Å². The van der Waals surface area contributed by atoms with Crippen LogP contribution in [0.3, 0.4) is 0 Å². The van der Waals surface area contributed by atoms with E-state index in [1.165, 1.54) is 218 Å². The topological polar surface area (TPSA) is 78.9 Å². The van der Waals surface area contributed by atoms with Crippen molar-refractivity contribution in [3.8, 4) is 0 Å². The Bertz CT molecular complexity index is 1330. The number of hydrogen-bond donors (Lipinski definition) is 0. The number of ether oxygens (including phenoxy) is 3. The fraction of sp³-hybridized carbons (Fsp3) is 0.809. The summed E-state index contributed by atoms with van der Waals surface area (Å²) in [5.74, 6) is -0.874. The van der Waals surface area contributed by atoms with Gasteiger partial charge in [0.15, 0.2) is 6.10 Å². The summed E-state index contributed by atoms with van der Waals surface area (Å²) in [6.45, 7) is 6.59. The number of esters is 3. The molecule has 0 aliphatic heterocycles. The molecule has 1 atom stereocenters. The number of unbranched alkanes of at least 4 members (excludes halogenated alkanes) is 38. The first-order valence-corrected chi connectivity index (χ1v) is 32.3. The van der Waals surface area contributed by atoms with Gasteiger partial charge in [-0.15, -0.1) is 0 Å². The minimum absolute atomic E-state index is 0.0737. The van der Waals surface area contributed by atoms with E-state index in [1.807, 2.05) is 0 Å². The summed E-state index contributed by atoms with van der Waals surface area (Å²) in [6.07, 6.45) is 79.8. The first-order valence-electron chi connectivity index (χ1n) is 32.3. The maximum absolute atomic E-state index is 12.8. The van der Waals surface area contributed by atoms with Gasteiger partial charge in [0.2, 0.25) is 0 Å². The molecule has 0 aliphatic rings. The van der Waals surface area contributed by atoms with Crippen molar-refractivity contribution in [1.82, 2.24) is 0 Å². The second kappa shape index (κ2) is 62.6. The predicted molar refractivity (Wildman–Crippen MR) is 321 cm³/mol. The van der Waals surface area contributed by atoms with Gasteiger partial charge in [-0.3, -0.25) is 14.4 Å². The first kappa shape index (κ1) is 71.1. The van der Waals surface area contributed by atoms with Gasteiger partial charge in [0.25, 0.3) is 0 Å². The van der Waals surface area contributed by atoms with Gasteiger partial charge in [0, 0.05) is 19.3 Å². The monoisotopic (exact) mass is 1030 g/mol. The van der Waals surface area contributed by atoms with Crippen LogP contribution in [0.5, 0.6) is 0 Å². The lowest BCUT2D eigenvalue weighted by atomic mass is 10.0. The fourth-order valence-electron chi connectivity index (χ4n) is 9.36. The molecule has 0 aromatic rings. The summed E-state index contributed by atoms with van der Waals surface area (Å²) >= 11 is 0. The highest BCUT2D eigenvalue weighted by atomic mass is 16.6. The fourth-order valence-corrected chi connectivity index (χ4v) is 9.36. The Morgan fingerprint density at radius 2 is 0.486 bits per heavy atom. The number of rotatable bonds is 59.